The second kappa shape index (κ2) is 9.52. The Balaban J connectivity index is 1.77. The van der Waals surface area contributed by atoms with Gasteiger partial charge in [0.15, 0.2) is 0 Å². The quantitative estimate of drug-likeness (QED) is 0.469. The van der Waals surface area contributed by atoms with Gasteiger partial charge in [0, 0.05) is 23.6 Å². The van der Waals surface area contributed by atoms with E-state index in [1.165, 1.54) is 12.3 Å². The molecule has 0 atom stereocenters. The lowest BCUT2D eigenvalue weighted by Crippen LogP contribution is -2.32. The van der Waals surface area contributed by atoms with Crippen molar-refractivity contribution in [3.63, 3.8) is 0 Å². The number of sulfonamides is 1. The topological polar surface area (TPSA) is 139 Å². The standard InChI is InChI=1S/C21H22N4O6S/c1-3-31-17-8-6-15(7-9-17)24-32(29,30)18-12-16(5-4-14(18)2)22-20(27)13-25-11-10-19(26)23-21(25)28/h4-12,24H,3,13H2,1-2H3,(H,22,27)(H,23,26,28). The number of nitrogens with one attached hydrogen (secondary N) is 3. The van der Waals surface area contributed by atoms with Crippen LogP contribution >= 0.6 is 0 Å². The van der Waals surface area contributed by atoms with Crippen molar-refractivity contribution in [2.24, 2.45) is 0 Å². The molecule has 3 aromatic rings. The molecule has 11 heteroatoms. The highest BCUT2D eigenvalue weighted by molar-refractivity contribution is 7.92. The number of aromatic amines is 1. The van der Waals surface area contributed by atoms with E-state index in [1.807, 2.05) is 6.92 Å². The normalized spacial score (nSPS) is 11.1. The highest BCUT2D eigenvalue weighted by atomic mass is 32.2. The van der Waals surface area contributed by atoms with Crippen molar-refractivity contribution in [1.82, 2.24) is 9.55 Å². The molecular formula is C21H22N4O6S. The molecular weight excluding hydrogens is 436 g/mol. The molecule has 1 heterocycles. The van der Waals surface area contributed by atoms with E-state index in [0.717, 1.165) is 10.6 Å². The number of H-pyrrole nitrogens is 1. The highest BCUT2D eigenvalue weighted by Gasteiger charge is 2.18. The summed E-state index contributed by atoms with van der Waals surface area (Å²) in [5.74, 6) is 0.0590. The smallest absolute Gasteiger partial charge is 0.328 e. The van der Waals surface area contributed by atoms with E-state index in [-0.39, 0.29) is 17.1 Å². The molecule has 3 rings (SSSR count). The minimum absolute atomic E-state index is 0.00890. The van der Waals surface area contributed by atoms with Gasteiger partial charge in [-0.2, -0.15) is 0 Å². The molecule has 168 valence electrons. The van der Waals surface area contributed by atoms with Crippen LogP contribution in [0.4, 0.5) is 11.4 Å². The molecule has 0 aliphatic heterocycles. The first-order valence-electron chi connectivity index (χ1n) is 9.64. The molecule has 0 aliphatic carbocycles. The molecule has 0 radical (unpaired) electrons. The number of amides is 1. The lowest BCUT2D eigenvalue weighted by atomic mass is 10.2. The molecule has 32 heavy (non-hydrogen) atoms. The lowest BCUT2D eigenvalue weighted by Gasteiger charge is -2.13. The van der Waals surface area contributed by atoms with Crippen LogP contribution in [-0.2, 0) is 21.4 Å². The number of aromatic nitrogens is 2. The SMILES string of the molecule is CCOc1ccc(NS(=O)(=O)c2cc(NC(=O)Cn3ccc(=O)[nH]c3=O)ccc2C)cc1. The number of nitrogens with zero attached hydrogens (tertiary/aromatic N) is 1. The van der Waals surface area contributed by atoms with Gasteiger partial charge < -0.3 is 10.1 Å². The first-order chi connectivity index (χ1) is 15.2. The van der Waals surface area contributed by atoms with E-state index in [2.05, 4.69) is 15.0 Å². The number of aryl methyl sites for hydroxylation is 1. The van der Waals surface area contributed by atoms with Crippen molar-refractivity contribution >= 4 is 27.3 Å². The van der Waals surface area contributed by atoms with Gasteiger partial charge in [-0.15, -0.1) is 0 Å². The minimum atomic E-state index is -3.93. The van der Waals surface area contributed by atoms with Crippen molar-refractivity contribution in [3.05, 3.63) is 81.1 Å². The second-order valence-corrected chi connectivity index (χ2v) is 8.48. The Bertz CT molecular complexity index is 1340. The third-order valence-electron chi connectivity index (χ3n) is 4.39. The molecule has 0 bridgehead atoms. The van der Waals surface area contributed by atoms with Crippen LogP contribution in [0, 0.1) is 6.92 Å². The molecule has 10 nitrogen and oxygen atoms in total. The molecule has 0 aliphatic rings. The van der Waals surface area contributed by atoms with Gasteiger partial charge in [0.1, 0.15) is 12.3 Å². The summed E-state index contributed by atoms with van der Waals surface area (Å²) >= 11 is 0. The third-order valence-corrected chi connectivity index (χ3v) is 5.91. The van der Waals surface area contributed by atoms with Crippen LogP contribution in [0.5, 0.6) is 5.75 Å². The van der Waals surface area contributed by atoms with Crippen LogP contribution in [0.2, 0.25) is 0 Å². The van der Waals surface area contributed by atoms with E-state index >= 15 is 0 Å². The summed E-state index contributed by atoms with van der Waals surface area (Å²) in [5.41, 5.74) is -0.206. The van der Waals surface area contributed by atoms with Gasteiger partial charge in [-0.1, -0.05) is 6.07 Å². The molecule has 0 unspecified atom stereocenters. The number of ether oxygens (including phenoxy) is 1. The monoisotopic (exact) mass is 458 g/mol. The van der Waals surface area contributed by atoms with Gasteiger partial charge in [-0.05, 0) is 55.8 Å². The molecule has 0 fully saturated rings. The number of anilines is 2. The van der Waals surface area contributed by atoms with E-state index in [0.29, 0.717) is 23.6 Å². The maximum atomic E-state index is 12.9. The summed E-state index contributed by atoms with van der Waals surface area (Å²) in [6.45, 7) is 3.64. The molecule has 0 spiro atoms. The number of hydrogen-bond acceptors (Lipinski definition) is 6. The lowest BCUT2D eigenvalue weighted by molar-refractivity contribution is -0.116. The van der Waals surface area contributed by atoms with Gasteiger partial charge in [0.25, 0.3) is 15.6 Å². The van der Waals surface area contributed by atoms with Crippen LogP contribution in [0.25, 0.3) is 0 Å². The van der Waals surface area contributed by atoms with Crippen molar-refractivity contribution in [2.45, 2.75) is 25.3 Å². The number of hydrogen-bond donors (Lipinski definition) is 3. The molecule has 0 saturated carbocycles. The van der Waals surface area contributed by atoms with E-state index in [1.54, 1.807) is 43.3 Å². The van der Waals surface area contributed by atoms with Crippen LogP contribution in [-0.4, -0.2) is 30.5 Å². The molecule has 1 aromatic heterocycles. The number of carbonyl (C=O) groups is 1. The Hall–Kier alpha value is -3.86. The molecule has 2 aromatic carbocycles. The highest BCUT2D eigenvalue weighted by Crippen LogP contribution is 2.24. The summed E-state index contributed by atoms with van der Waals surface area (Å²) in [6.07, 6.45) is 1.20. The number of carbonyl (C=O) groups excluding carboxylic acids is 1. The molecule has 3 N–H and O–H groups in total. The molecule has 0 saturated heterocycles. The van der Waals surface area contributed by atoms with E-state index < -0.39 is 27.2 Å². The number of benzene rings is 2. The van der Waals surface area contributed by atoms with Crippen LogP contribution in [0.3, 0.4) is 0 Å². The average Bonchev–Trinajstić information content (AvgIpc) is 2.73. The Morgan fingerprint density at radius 2 is 1.75 bits per heavy atom. The van der Waals surface area contributed by atoms with Gasteiger partial charge in [0.05, 0.1) is 11.5 Å². The third kappa shape index (κ3) is 5.64. The van der Waals surface area contributed by atoms with Gasteiger partial charge >= 0.3 is 5.69 Å². The Kier molecular flexibility index (Phi) is 6.79. The zero-order valence-corrected chi connectivity index (χ0v) is 18.2. The van der Waals surface area contributed by atoms with E-state index in [9.17, 15) is 22.8 Å². The van der Waals surface area contributed by atoms with Crippen molar-refractivity contribution in [1.29, 1.82) is 0 Å². The Morgan fingerprint density at radius 3 is 2.41 bits per heavy atom. The minimum Gasteiger partial charge on any atom is -0.494 e. The summed E-state index contributed by atoms with van der Waals surface area (Å²) < 4.78 is 34.7. The summed E-state index contributed by atoms with van der Waals surface area (Å²) in [5, 5.41) is 2.56. The van der Waals surface area contributed by atoms with Crippen molar-refractivity contribution in [2.75, 3.05) is 16.6 Å². The van der Waals surface area contributed by atoms with Gasteiger partial charge in [-0.25, -0.2) is 13.2 Å². The fourth-order valence-electron chi connectivity index (χ4n) is 2.89. The zero-order valence-electron chi connectivity index (χ0n) is 17.4. The maximum absolute atomic E-state index is 12.9. The Labute approximate surface area is 183 Å². The van der Waals surface area contributed by atoms with Gasteiger partial charge in [0.2, 0.25) is 5.91 Å². The van der Waals surface area contributed by atoms with Gasteiger partial charge in [-0.3, -0.25) is 23.9 Å². The van der Waals surface area contributed by atoms with Crippen LogP contribution in [0.1, 0.15) is 12.5 Å². The zero-order chi connectivity index (χ0) is 23.3. The first-order valence-corrected chi connectivity index (χ1v) is 11.1. The first kappa shape index (κ1) is 22.8. The van der Waals surface area contributed by atoms with Crippen LogP contribution in [0.15, 0.2) is 69.2 Å². The second-order valence-electron chi connectivity index (χ2n) is 6.83. The van der Waals surface area contributed by atoms with Crippen LogP contribution < -0.4 is 26.0 Å². The largest absolute Gasteiger partial charge is 0.494 e. The summed E-state index contributed by atoms with van der Waals surface area (Å²) in [7, 11) is -3.93. The fraction of sp³-hybridized carbons (Fsp3) is 0.190. The average molecular weight is 458 g/mol. The fourth-order valence-corrected chi connectivity index (χ4v) is 4.22. The molecule has 1 amide bonds. The van der Waals surface area contributed by atoms with Crippen molar-refractivity contribution in [3.8, 4) is 5.75 Å². The summed E-state index contributed by atoms with van der Waals surface area (Å²) in [4.78, 5) is 37.2. The number of rotatable bonds is 8. The predicted octanol–water partition coefficient (Wildman–Crippen LogP) is 1.68. The van der Waals surface area contributed by atoms with Crippen molar-refractivity contribution < 1.29 is 17.9 Å². The maximum Gasteiger partial charge on any atom is 0.328 e. The summed E-state index contributed by atoms with van der Waals surface area (Å²) in [6, 6.07) is 12.1. The van der Waals surface area contributed by atoms with E-state index in [4.69, 9.17) is 4.74 Å². The predicted molar refractivity (Wildman–Crippen MR) is 120 cm³/mol. The Morgan fingerprint density at radius 1 is 1.06 bits per heavy atom.